The smallest absolute Gasteiger partial charge is 0.178 e. The lowest BCUT2D eigenvalue weighted by Gasteiger charge is -2.34. The summed E-state index contributed by atoms with van der Waals surface area (Å²) in [5.41, 5.74) is 0. The van der Waals surface area contributed by atoms with Crippen LogP contribution in [0.15, 0.2) is 91.9 Å². The Hall–Kier alpha value is -4.07. The SMILES string of the molecule is C[Si](C)(C1=CC(=O)C=CC1=O)C1=CC(=O)C([Si](C)(C)C2=CC(=O)C([Si](C)(C)C3=CC(=O)C=CC3=O)=CC2=O)=CC1=O. The minimum atomic E-state index is -3.19. The maximum absolute atomic E-state index is 13.5. The first kappa shape index (κ1) is 29.9. The molecule has 4 rings (SSSR count). The Balaban J connectivity index is 1.66. The lowest BCUT2D eigenvalue weighted by molar-refractivity contribution is -0.114. The third-order valence-corrected chi connectivity index (χ3v) is 18.5. The third-order valence-electron chi connectivity index (χ3n) is 8.11. The van der Waals surface area contributed by atoms with Crippen molar-refractivity contribution in [2.45, 2.75) is 39.3 Å². The van der Waals surface area contributed by atoms with E-state index in [1.807, 2.05) is 0 Å². The number of hydrogen-bond acceptors (Lipinski definition) is 8. The average molecular weight is 601 g/mol. The van der Waals surface area contributed by atoms with E-state index < -0.39 is 47.4 Å². The summed E-state index contributed by atoms with van der Waals surface area (Å²) in [5, 5.41) is 1.13. The molecule has 41 heavy (non-hydrogen) atoms. The number of allylic oxidation sites excluding steroid dienone is 16. The summed E-state index contributed by atoms with van der Waals surface area (Å²) >= 11 is 0. The van der Waals surface area contributed by atoms with E-state index >= 15 is 0 Å². The van der Waals surface area contributed by atoms with Crippen LogP contribution < -0.4 is 0 Å². The standard InChI is InChI=1S/C30H28O8Si3/c1-39(2,25-11-17(31)7-9-19(25)33)27-13-23(37)29(15-21(27)35)41(5,6)30-16-22(36)28(14-24(30)38)40(3,4)26-12-18(32)8-10-20(26)34/h7-16H,1-6H3. The molecule has 0 unspecified atom stereocenters. The molecule has 8 nitrogen and oxygen atoms in total. The molecule has 0 aromatic heterocycles. The number of carbonyl (C=O) groups excluding carboxylic acids is 8. The maximum Gasteiger partial charge on any atom is 0.178 e. The molecule has 0 spiro atoms. The van der Waals surface area contributed by atoms with Crippen LogP contribution in [0.2, 0.25) is 39.3 Å². The van der Waals surface area contributed by atoms with Crippen LogP contribution in [0.25, 0.3) is 0 Å². The average Bonchev–Trinajstić information content (AvgIpc) is 2.88. The van der Waals surface area contributed by atoms with Crippen molar-refractivity contribution < 1.29 is 38.4 Å². The van der Waals surface area contributed by atoms with Gasteiger partial charge in [-0.2, -0.15) is 0 Å². The first-order valence-electron chi connectivity index (χ1n) is 12.9. The summed E-state index contributed by atoms with van der Waals surface area (Å²) < 4.78 is 0. The van der Waals surface area contributed by atoms with Crippen molar-refractivity contribution in [2.24, 2.45) is 0 Å². The fraction of sp³-hybridized carbons (Fsp3) is 0.200. The molecule has 0 saturated carbocycles. The zero-order chi connectivity index (χ0) is 30.7. The van der Waals surface area contributed by atoms with E-state index in [4.69, 9.17) is 0 Å². The van der Waals surface area contributed by atoms with Gasteiger partial charge in [0.2, 0.25) is 0 Å². The Labute approximate surface area is 239 Å². The molecule has 4 aliphatic rings. The zero-order valence-corrected chi connectivity index (χ0v) is 26.5. The lowest BCUT2D eigenvalue weighted by Crippen LogP contribution is -2.47. The number of carbonyl (C=O) groups is 8. The van der Waals surface area contributed by atoms with Crippen molar-refractivity contribution in [3.8, 4) is 0 Å². The Morgan fingerprint density at radius 3 is 0.780 bits per heavy atom. The van der Waals surface area contributed by atoms with Gasteiger partial charge in [-0.1, -0.05) is 39.3 Å². The molecule has 0 saturated heterocycles. The first-order chi connectivity index (χ1) is 18.9. The van der Waals surface area contributed by atoms with Gasteiger partial charge in [0.15, 0.2) is 46.3 Å². The molecule has 0 bridgehead atoms. The Morgan fingerprint density at radius 1 is 0.317 bits per heavy atom. The molecule has 4 aliphatic carbocycles. The van der Waals surface area contributed by atoms with Gasteiger partial charge in [0, 0.05) is 0 Å². The van der Waals surface area contributed by atoms with Crippen molar-refractivity contribution >= 4 is 70.5 Å². The predicted molar refractivity (Wildman–Crippen MR) is 159 cm³/mol. The van der Waals surface area contributed by atoms with E-state index in [1.165, 1.54) is 48.6 Å². The van der Waals surface area contributed by atoms with Gasteiger partial charge in [0.25, 0.3) is 0 Å². The third kappa shape index (κ3) is 5.11. The minimum Gasteiger partial charge on any atom is -0.290 e. The van der Waals surface area contributed by atoms with Crippen LogP contribution in [-0.2, 0) is 38.4 Å². The van der Waals surface area contributed by atoms with Crippen LogP contribution in [0.4, 0.5) is 0 Å². The highest BCUT2D eigenvalue weighted by Crippen LogP contribution is 2.37. The second-order valence-electron chi connectivity index (χ2n) is 11.9. The van der Waals surface area contributed by atoms with Gasteiger partial charge in [-0.25, -0.2) is 0 Å². The van der Waals surface area contributed by atoms with E-state index in [0.29, 0.717) is 0 Å². The predicted octanol–water partition coefficient (Wildman–Crippen LogP) is 2.62. The highest BCUT2D eigenvalue weighted by molar-refractivity contribution is 7.02. The van der Waals surface area contributed by atoms with Gasteiger partial charge in [0.1, 0.15) is 24.2 Å². The normalized spacial score (nSPS) is 20.5. The van der Waals surface area contributed by atoms with Crippen LogP contribution >= 0.6 is 0 Å². The Morgan fingerprint density at radius 2 is 0.537 bits per heavy atom. The van der Waals surface area contributed by atoms with Crippen molar-refractivity contribution in [2.75, 3.05) is 0 Å². The van der Waals surface area contributed by atoms with Crippen LogP contribution in [0.3, 0.4) is 0 Å². The summed E-state index contributed by atoms with van der Waals surface area (Å²) in [6.45, 7) is 10.3. The molecule has 0 aliphatic heterocycles. The number of ketones is 8. The molecule has 0 N–H and O–H groups in total. The van der Waals surface area contributed by atoms with Crippen LogP contribution in [0, 0.1) is 0 Å². The summed E-state index contributed by atoms with van der Waals surface area (Å²) in [4.78, 5) is 103. The Bertz CT molecular complexity index is 1560. The molecule has 0 amide bonds. The summed E-state index contributed by atoms with van der Waals surface area (Å²) in [6.07, 6.45) is 11.9. The van der Waals surface area contributed by atoms with Crippen LogP contribution in [-0.4, -0.2) is 70.5 Å². The maximum atomic E-state index is 13.5. The van der Waals surface area contributed by atoms with E-state index in [9.17, 15) is 38.4 Å². The topological polar surface area (TPSA) is 137 Å². The molecular formula is C30H28O8Si3. The second kappa shape index (κ2) is 10.1. The van der Waals surface area contributed by atoms with Crippen molar-refractivity contribution in [1.82, 2.24) is 0 Å². The molecule has 11 heteroatoms. The molecule has 0 radical (unpaired) electrons. The van der Waals surface area contributed by atoms with Gasteiger partial charge in [0.05, 0.1) is 0 Å². The van der Waals surface area contributed by atoms with Gasteiger partial charge in [-0.05, 0) is 91.9 Å². The van der Waals surface area contributed by atoms with Gasteiger partial charge in [-0.15, -0.1) is 0 Å². The fourth-order valence-corrected chi connectivity index (χ4v) is 13.5. The fourth-order valence-electron chi connectivity index (χ4n) is 5.50. The number of rotatable bonds is 6. The van der Waals surface area contributed by atoms with E-state index in [1.54, 1.807) is 39.3 Å². The Kier molecular flexibility index (Phi) is 7.36. The zero-order valence-electron chi connectivity index (χ0n) is 23.5. The van der Waals surface area contributed by atoms with Gasteiger partial charge < -0.3 is 0 Å². The first-order valence-corrected chi connectivity index (χ1v) is 21.9. The van der Waals surface area contributed by atoms with Crippen LogP contribution in [0.5, 0.6) is 0 Å². The molecular weight excluding hydrogens is 573 g/mol. The molecule has 0 fully saturated rings. The molecule has 0 atom stereocenters. The monoisotopic (exact) mass is 600 g/mol. The quantitative estimate of drug-likeness (QED) is 0.335. The summed E-state index contributed by atoms with van der Waals surface area (Å²) in [5.74, 6) is -3.35. The van der Waals surface area contributed by atoms with Crippen molar-refractivity contribution in [3.05, 3.63) is 91.9 Å². The molecule has 0 heterocycles. The highest BCUT2D eigenvalue weighted by atomic mass is 28.3. The van der Waals surface area contributed by atoms with E-state index in [0.717, 1.165) is 12.2 Å². The largest absolute Gasteiger partial charge is 0.290 e. The van der Waals surface area contributed by atoms with Gasteiger partial charge in [-0.3, -0.25) is 38.4 Å². The molecule has 0 aromatic rings. The minimum absolute atomic E-state index is 0.151. The van der Waals surface area contributed by atoms with Crippen molar-refractivity contribution in [3.63, 3.8) is 0 Å². The molecule has 0 aromatic carbocycles. The van der Waals surface area contributed by atoms with Gasteiger partial charge >= 0.3 is 0 Å². The van der Waals surface area contributed by atoms with E-state index in [2.05, 4.69) is 0 Å². The summed E-state index contributed by atoms with van der Waals surface area (Å²) in [6, 6.07) is 0. The number of hydrogen-bond donors (Lipinski definition) is 0. The summed E-state index contributed by atoms with van der Waals surface area (Å²) in [7, 11) is -9.23. The lowest BCUT2D eigenvalue weighted by atomic mass is 10.1. The highest BCUT2D eigenvalue weighted by Gasteiger charge is 2.47. The van der Waals surface area contributed by atoms with Crippen molar-refractivity contribution in [1.29, 1.82) is 0 Å². The molecule has 208 valence electrons. The van der Waals surface area contributed by atoms with Crippen LogP contribution in [0.1, 0.15) is 0 Å². The van der Waals surface area contributed by atoms with E-state index in [-0.39, 0.29) is 54.3 Å². The second-order valence-corrected chi connectivity index (χ2v) is 24.9.